The van der Waals surface area contributed by atoms with Gasteiger partial charge in [0.1, 0.15) is 11.5 Å². The van der Waals surface area contributed by atoms with Crippen LogP contribution in [0.15, 0.2) is 97.1 Å². The lowest BCUT2D eigenvalue weighted by molar-refractivity contribution is 0.0725. The minimum absolute atomic E-state index is 0.430. The van der Waals surface area contributed by atoms with Crippen molar-refractivity contribution in [3.05, 3.63) is 108 Å². The highest BCUT2D eigenvalue weighted by atomic mass is 16.5. The highest BCUT2D eigenvalue weighted by molar-refractivity contribution is 5.99. The van der Waals surface area contributed by atoms with Gasteiger partial charge in [-0.05, 0) is 59.3 Å². The average molecular weight is 653 g/mol. The van der Waals surface area contributed by atoms with E-state index < -0.39 is 11.9 Å². The molecule has 0 aliphatic rings. The van der Waals surface area contributed by atoms with Crippen LogP contribution in [0, 0.1) is 0 Å². The number of ether oxygens (including phenoxy) is 2. The standard InChI is InChI=1S/C24H16O4.2C10H22/c25-23(27-21-7-3-1-4-8-21)19-13-11-18-16-20(14-12-17(18)15-19)24(26)28-22-9-5-2-6-10-22;2*1-3-5-7-9-10-8-6-4-2/h1-16H;2*3-10H2,1-2H3. The molecule has 0 saturated carbocycles. The molecule has 0 atom stereocenters. The summed E-state index contributed by atoms with van der Waals surface area (Å²) in [4.78, 5) is 24.7. The van der Waals surface area contributed by atoms with Crippen LogP contribution >= 0.6 is 0 Å². The Hall–Kier alpha value is -3.92. The quantitative estimate of drug-likeness (QED) is 0.0610. The second-order valence-electron chi connectivity index (χ2n) is 12.4. The highest BCUT2D eigenvalue weighted by Crippen LogP contribution is 2.21. The summed E-state index contributed by atoms with van der Waals surface area (Å²) < 4.78 is 10.7. The van der Waals surface area contributed by atoms with E-state index in [0.29, 0.717) is 22.6 Å². The van der Waals surface area contributed by atoms with E-state index in [4.69, 9.17) is 9.47 Å². The van der Waals surface area contributed by atoms with Crippen LogP contribution in [0.2, 0.25) is 0 Å². The van der Waals surface area contributed by atoms with E-state index in [-0.39, 0.29) is 0 Å². The molecular formula is C44H60O4. The van der Waals surface area contributed by atoms with Gasteiger partial charge in [-0.25, -0.2) is 9.59 Å². The molecule has 0 aliphatic heterocycles. The van der Waals surface area contributed by atoms with Crippen LogP contribution in [0.3, 0.4) is 0 Å². The number of hydrogen-bond donors (Lipinski definition) is 0. The van der Waals surface area contributed by atoms with E-state index in [1.807, 2.05) is 12.1 Å². The van der Waals surface area contributed by atoms with Crippen molar-refractivity contribution in [3.8, 4) is 11.5 Å². The number of benzene rings is 4. The Morgan fingerprint density at radius 3 is 0.979 bits per heavy atom. The molecule has 0 unspecified atom stereocenters. The maximum Gasteiger partial charge on any atom is 0.343 e. The molecule has 48 heavy (non-hydrogen) atoms. The summed E-state index contributed by atoms with van der Waals surface area (Å²) in [6, 6.07) is 28.3. The molecule has 0 bridgehead atoms. The van der Waals surface area contributed by atoms with E-state index in [2.05, 4.69) is 27.7 Å². The van der Waals surface area contributed by atoms with Crippen molar-refractivity contribution in [2.24, 2.45) is 0 Å². The molecule has 4 aromatic carbocycles. The summed E-state index contributed by atoms with van der Waals surface area (Å²) in [5, 5.41) is 1.66. The number of hydrogen-bond acceptors (Lipinski definition) is 4. The normalized spacial score (nSPS) is 10.3. The molecule has 0 aliphatic carbocycles. The van der Waals surface area contributed by atoms with Gasteiger partial charge in [-0.2, -0.15) is 0 Å². The lowest BCUT2D eigenvalue weighted by atomic mass is 10.0. The monoisotopic (exact) mass is 652 g/mol. The predicted molar refractivity (Wildman–Crippen MR) is 203 cm³/mol. The van der Waals surface area contributed by atoms with Crippen LogP contribution in [-0.2, 0) is 0 Å². The van der Waals surface area contributed by atoms with Crippen molar-refractivity contribution < 1.29 is 19.1 Å². The van der Waals surface area contributed by atoms with Gasteiger partial charge in [0.15, 0.2) is 0 Å². The molecular weight excluding hydrogens is 592 g/mol. The Kier molecular flexibility index (Phi) is 21.9. The lowest BCUT2D eigenvalue weighted by Crippen LogP contribution is -2.09. The third-order valence-corrected chi connectivity index (χ3v) is 8.13. The van der Waals surface area contributed by atoms with Gasteiger partial charge in [0.25, 0.3) is 0 Å². The van der Waals surface area contributed by atoms with E-state index in [1.54, 1.807) is 84.9 Å². The first-order chi connectivity index (χ1) is 23.5. The van der Waals surface area contributed by atoms with Crippen LogP contribution in [0.4, 0.5) is 0 Å². The fourth-order valence-corrected chi connectivity index (χ4v) is 5.22. The zero-order valence-electron chi connectivity index (χ0n) is 30.2. The fraction of sp³-hybridized carbons (Fsp3) is 0.455. The number of rotatable bonds is 18. The van der Waals surface area contributed by atoms with Crippen molar-refractivity contribution in [1.29, 1.82) is 0 Å². The van der Waals surface area contributed by atoms with Crippen LogP contribution in [-0.4, -0.2) is 11.9 Å². The molecule has 4 rings (SSSR count). The molecule has 0 spiro atoms. The summed E-state index contributed by atoms with van der Waals surface area (Å²) in [7, 11) is 0. The van der Waals surface area contributed by atoms with Gasteiger partial charge in [-0.1, -0.05) is 179 Å². The molecule has 0 amide bonds. The minimum Gasteiger partial charge on any atom is -0.423 e. The van der Waals surface area contributed by atoms with Crippen LogP contribution in [0.1, 0.15) is 151 Å². The topological polar surface area (TPSA) is 52.6 Å². The maximum absolute atomic E-state index is 12.3. The lowest BCUT2D eigenvalue weighted by Gasteiger charge is -2.07. The van der Waals surface area contributed by atoms with Crippen molar-refractivity contribution >= 4 is 22.7 Å². The molecule has 4 nitrogen and oxygen atoms in total. The molecule has 4 heteroatoms. The Labute approximate surface area is 291 Å². The molecule has 0 saturated heterocycles. The SMILES string of the molecule is CCCCCCCCCC.CCCCCCCCCC.O=C(Oc1ccccc1)c1ccc2cc(C(=O)Oc3ccccc3)ccc2c1. The molecule has 0 heterocycles. The zero-order valence-corrected chi connectivity index (χ0v) is 30.2. The van der Waals surface area contributed by atoms with Crippen molar-refractivity contribution in [2.45, 2.75) is 130 Å². The average Bonchev–Trinajstić information content (AvgIpc) is 3.12. The molecule has 0 aromatic heterocycles. The van der Waals surface area contributed by atoms with Gasteiger partial charge in [-0.15, -0.1) is 0 Å². The molecule has 260 valence electrons. The number of carbonyl (C=O) groups is 2. The third-order valence-electron chi connectivity index (χ3n) is 8.13. The van der Waals surface area contributed by atoms with Gasteiger partial charge in [-0.3, -0.25) is 0 Å². The van der Waals surface area contributed by atoms with Gasteiger partial charge >= 0.3 is 11.9 Å². The van der Waals surface area contributed by atoms with Crippen molar-refractivity contribution in [2.75, 3.05) is 0 Å². The second kappa shape index (κ2) is 26.1. The first-order valence-electron chi connectivity index (χ1n) is 18.6. The third kappa shape index (κ3) is 17.3. The van der Waals surface area contributed by atoms with E-state index in [0.717, 1.165) is 10.8 Å². The van der Waals surface area contributed by atoms with Crippen molar-refractivity contribution in [3.63, 3.8) is 0 Å². The number of carbonyl (C=O) groups excluding carboxylic acids is 2. The Morgan fingerprint density at radius 1 is 0.396 bits per heavy atom. The smallest absolute Gasteiger partial charge is 0.343 e. The van der Waals surface area contributed by atoms with E-state index in [1.165, 1.54) is 103 Å². The molecule has 4 aromatic rings. The summed E-state index contributed by atoms with van der Waals surface area (Å²) in [6.45, 7) is 9.08. The van der Waals surface area contributed by atoms with E-state index >= 15 is 0 Å². The zero-order chi connectivity index (χ0) is 34.7. The second-order valence-corrected chi connectivity index (χ2v) is 12.4. The predicted octanol–water partition coefficient (Wildman–Crippen LogP) is 13.6. The van der Waals surface area contributed by atoms with Gasteiger partial charge in [0.05, 0.1) is 11.1 Å². The number of para-hydroxylation sites is 2. The minimum atomic E-state index is -0.430. The summed E-state index contributed by atoms with van der Waals surface area (Å²) in [5.41, 5.74) is 0.881. The van der Waals surface area contributed by atoms with E-state index in [9.17, 15) is 9.59 Å². The summed E-state index contributed by atoms with van der Waals surface area (Å²) in [5.74, 6) is 0.125. The first-order valence-corrected chi connectivity index (χ1v) is 18.6. The van der Waals surface area contributed by atoms with Crippen LogP contribution < -0.4 is 9.47 Å². The van der Waals surface area contributed by atoms with Gasteiger partial charge in [0, 0.05) is 0 Å². The summed E-state index contributed by atoms with van der Waals surface area (Å²) in [6.07, 6.45) is 22.9. The number of unbranched alkanes of at least 4 members (excludes halogenated alkanes) is 14. The Morgan fingerprint density at radius 2 is 0.688 bits per heavy atom. The summed E-state index contributed by atoms with van der Waals surface area (Å²) >= 11 is 0. The number of esters is 2. The fourth-order valence-electron chi connectivity index (χ4n) is 5.22. The number of fused-ring (bicyclic) bond motifs is 1. The molecule has 0 radical (unpaired) electrons. The highest BCUT2D eigenvalue weighted by Gasteiger charge is 2.12. The Balaban J connectivity index is 0.000000331. The molecule has 0 N–H and O–H groups in total. The van der Waals surface area contributed by atoms with Crippen LogP contribution in [0.5, 0.6) is 11.5 Å². The first kappa shape index (κ1) is 40.3. The maximum atomic E-state index is 12.3. The van der Waals surface area contributed by atoms with Gasteiger partial charge in [0.2, 0.25) is 0 Å². The van der Waals surface area contributed by atoms with Crippen molar-refractivity contribution in [1.82, 2.24) is 0 Å². The molecule has 0 fully saturated rings. The Bertz CT molecular complexity index is 1270. The van der Waals surface area contributed by atoms with Crippen LogP contribution in [0.25, 0.3) is 10.8 Å². The largest absolute Gasteiger partial charge is 0.423 e. The van der Waals surface area contributed by atoms with Gasteiger partial charge < -0.3 is 9.47 Å².